The van der Waals surface area contributed by atoms with Crippen LogP contribution in [0, 0.1) is 0 Å². The summed E-state index contributed by atoms with van der Waals surface area (Å²) in [6.07, 6.45) is 1.04. The van der Waals surface area contributed by atoms with Crippen molar-refractivity contribution in [2.24, 2.45) is 10.7 Å². The first kappa shape index (κ1) is 5.94. The predicted molar refractivity (Wildman–Crippen MR) is 24.0 cm³/mol. The first-order valence-electron chi connectivity index (χ1n) is 1.55. The molecule has 0 rings (SSSR count). The molecule has 0 bridgehead atoms. The van der Waals surface area contributed by atoms with Gasteiger partial charge in [-0.2, -0.15) is 4.99 Å². The van der Waals surface area contributed by atoms with Gasteiger partial charge in [-0.1, -0.05) is 0 Å². The molecule has 1 radical (unpaired) electrons. The van der Waals surface area contributed by atoms with Crippen LogP contribution in [0.1, 0.15) is 0 Å². The Balaban J connectivity index is 3.37. The molecule has 7 heavy (non-hydrogen) atoms. The summed E-state index contributed by atoms with van der Waals surface area (Å²) < 4.78 is 4.04. The number of hydrogen-bond donors (Lipinski definition) is 1. The van der Waals surface area contributed by atoms with Crippen LogP contribution < -0.4 is 5.73 Å². The molecule has 0 aromatic carbocycles. The third-order valence-corrected chi connectivity index (χ3v) is 0.330. The van der Waals surface area contributed by atoms with Crippen molar-refractivity contribution >= 4 is 12.4 Å². The van der Waals surface area contributed by atoms with E-state index in [1.165, 1.54) is 7.11 Å². The second-order valence-electron chi connectivity index (χ2n) is 0.711. The molecule has 1 amide bonds. The summed E-state index contributed by atoms with van der Waals surface area (Å²) >= 11 is 0. The van der Waals surface area contributed by atoms with Crippen LogP contribution in [0.5, 0.6) is 0 Å². The zero-order chi connectivity index (χ0) is 5.70. The van der Waals surface area contributed by atoms with E-state index < -0.39 is 6.09 Å². The standard InChI is InChI=1S/C3H5N2O2/c1-7-3(6)5-2-4/h1H3,(H2,4,5,6). The van der Waals surface area contributed by atoms with Crippen molar-refractivity contribution in [2.45, 2.75) is 0 Å². The Bertz CT molecular complexity index is 88.9. The molecular formula is C3H5N2O2. The second-order valence-corrected chi connectivity index (χ2v) is 0.711. The summed E-state index contributed by atoms with van der Waals surface area (Å²) in [6.45, 7) is 0. The van der Waals surface area contributed by atoms with Gasteiger partial charge < -0.3 is 10.5 Å². The van der Waals surface area contributed by atoms with E-state index in [1.807, 2.05) is 0 Å². The molecule has 0 atom stereocenters. The molecule has 0 heterocycles. The highest BCUT2D eigenvalue weighted by Crippen LogP contribution is 1.73. The number of carbonyl (C=O) groups is 1. The topological polar surface area (TPSA) is 64.7 Å². The molecule has 0 aliphatic carbocycles. The van der Waals surface area contributed by atoms with E-state index in [4.69, 9.17) is 0 Å². The van der Waals surface area contributed by atoms with E-state index in [1.54, 1.807) is 6.34 Å². The number of carbonyl (C=O) groups excluding carboxylic acids is 1. The van der Waals surface area contributed by atoms with Gasteiger partial charge in [0.1, 0.15) is 0 Å². The summed E-state index contributed by atoms with van der Waals surface area (Å²) in [5, 5.41) is 0. The highest BCUT2D eigenvalue weighted by Gasteiger charge is 1.87. The fraction of sp³-hybridized carbons (Fsp3) is 0.333. The maximum absolute atomic E-state index is 9.88. The second kappa shape index (κ2) is 3.14. The first-order chi connectivity index (χ1) is 3.31. The molecule has 0 aliphatic rings. The number of methoxy groups -OCH3 is 1. The minimum atomic E-state index is -0.734. The van der Waals surface area contributed by atoms with Crippen molar-refractivity contribution in [3.05, 3.63) is 0 Å². The quantitative estimate of drug-likeness (QED) is 0.257. The molecular weight excluding hydrogens is 96.0 g/mol. The molecule has 0 aromatic heterocycles. The number of rotatable bonds is 0. The van der Waals surface area contributed by atoms with Crippen LogP contribution in [0.15, 0.2) is 4.99 Å². The van der Waals surface area contributed by atoms with Crippen molar-refractivity contribution in [1.82, 2.24) is 0 Å². The summed E-state index contributed by atoms with van der Waals surface area (Å²) in [5.41, 5.74) is 4.59. The van der Waals surface area contributed by atoms with Crippen LogP contribution in [-0.4, -0.2) is 19.5 Å². The average Bonchev–Trinajstić information content (AvgIpc) is 1.68. The molecule has 0 fully saturated rings. The van der Waals surface area contributed by atoms with Gasteiger partial charge in [-0.05, 0) is 0 Å². The van der Waals surface area contributed by atoms with Crippen LogP contribution >= 0.6 is 0 Å². The minimum absolute atomic E-state index is 0.734. The Kier molecular flexibility index (Phi) is 2.67. The molecule has 0 saturated carbocycles. The van der Waals surface area contributed by atoms with Crippen molar-refractivity contribution < 1.29 is 9.53 Å². The number of ether oxygens (including phenoxy) is 1. The fourth-order valence-corrected chi connectivity index (χ4v) is 0.0983. The lowest BCUT2D eigenvalue weighted by atomic mass is 11.1. The summed E-state index contributed by atoms with van der Waals surface area (Å²) in [4.78, 5) is 12.8. The van der Waals surface area contributed by atoms with Gasteiger partial charge in [0.15, 0.2) is 6.34 Å². The van der Waals surface area contributed by atoms with Crippen molar-refractivity contribution in [3.63, 3.8) is 0 Å². The van der Waals surface area contributed by atoms with Crippen molar-refractivity contribution in [2.75, 3.05) is 7.11 Å². The number of nitrogens with zero attached hydrogens (tertiary/aromatic N) is 1. The highest BCUT2D eigenvalue weighted by atomic mass is 16.5. The molecule has 0 aliphatic heterocycles. The van der Waals surface area contributed by atoms with Gasteiger partial charge in [-0.3, -0.25) is 0 Å². The monoisotopic (exact) mass is 101 g/mol. The Labute approximate surface area is 41.0 Å². The maximum atomic E-state index is 9.88. The fourth-order valence-electron chi connectivity index (χ4n) is 0.0983. The third kappa shape index (κ3) is 2.75. The molecule has 4 nitrogen and oxygen atoms in total. The van der Waals surface area contributed by atoms with E-state index in [0.29, 0.717) is 0 Å². The van der Waals surface area contributed by atoms with E-state index in [2.05, 4.69) is 15.5 Å². The third-order valence-electron chi connectivity index (χ3n) is 0.330. The van der Waals surface area contributed by atoms with Gasteiger partial charge >= 0.3 is 6.09 Å². The highest BCUT2D eigenvalue weighted by molar-refractivity contribution is 5.77. The normalized spacial score (nSPS) is 9.29. The lowest BCUT2D eigenvalue weighted by Crippen LogP contribution is -1.97. The van der Waals surface area contributed by atoms with Crippen molar-refractivity contribution in [1.29, 1.82) is 0 Å². The molecule has 0 unspecified atom stereocenters. The molecule has 39 valence electrons. The Morgan fingerprint density at radius 3 is 2.71 bits per heavy atom. The Hall–Kier alpha value is -1.06. The van der Waals surface area contributed by atoms with Crippen molar-refractivity contribution in [3.8, 4) is 0 Å². The SMILES string of the molecule is COC(=O)/N=[C]/N. The molecule has 0 saturated heterocycles. The number of nitrogens with two attached hydrogens (primary N) is 1. The maximum Gasteiger partial charge on any atom is 0.435 e. The Morgan fingerprint density at radius 1 is 2.00 bits per heavy atom. The number of amides is 1. The zero-order valence-electron chi connectivity index (χ0n) is 3.84. The van der Waals surface area contributed by atoms with Gasteiger partial charge in [-0.25, -0.2) is 4.79 Å². The van der Waals surface area contributed by atoms with Gasteiger partial charge in [0, 0.05) is 0 Å². The van der Waals surface area contributed by atoms with Gasteiger partial charge in [0.2, 0.25) is 0 Å². The van der Waals surface area contributed by atoms with Gasteiger partial charge in [-0.15, -0.1) is 0 Å². The van der Waals surface area contributed by atoms with Gasteiger partial charge in [0.05, 0.1) is 7.11 Å². The average molecular weight is 101 g/mol. The summed E-state index contributed by atoms with van der Waals surface area (Å²) in [6, 6.07) is 0. The smallest absolute Gasteiger partial charge is 0.435 e. The lowest BCUT2D eigenvalue weighted by Gasteiger charge is -1.83. The minimum Gasteiger partial charge on any atom is -0.451 e. The number of hydrogen-bond acceptors (Lipinski definition) is 2. The first-order valence-corrected chi connectivity index (χ1v) is 1.55. The Morgan fingerprint density at radius 2 is 2.57 bits per heavy atom. The molecule has 0 spiro atoms. The van der Waals surface area contributed by atoms with Crippen LogP contribution in [0.4, 0.5) is 4.79 Å². The zero-order valence-corrected chi connectivity index (χ0v) is 3.84. The van der Waals surface area contributed by atoms with E-state index in [0.717, 1.165) is 0 Å². The van der Waals surface area contributed by atoms with E-state index in [-0.39, 0.29) is 0 Å². The number of aliphatic imine (C=N–C) groups is 1. The summed E-state index contributed by atoms with van der Waals surface area (Å²) in [7, 11) is 1.21. The molecule has 0 aromatic rings. The predicted octanol–water partition coefficient (Wildman–Crippen LogP) is -0.383. The lowest BCUT2D eigenvalue weighted by molar-refractivity contribution is 0.182. The van der Waals surface area contributed by atoms with Crippen LogP contribution in [0.2, 0.25) is 0 Å². The van der Waals surface area contributed by atoms with Crippen LogP contribution in [-0.2, 0) is 4.74 Å². The summed E-state index contributed by atoms with van der Waals surface area (Å²) in [5.74, 6) is 0. The van der Waals surface area contributed by atoms with Gasteiger partial charge in [0.25, 0.3) is 0 Å². The van der Waals surface area contributed by atoms with Crippen LogP contribution in [0.3, 0.4) is 0 Å². The largest absolute Gasteiger partial charge is 0.451 e. The van der Waals surface area contributed by atoms with E-state index >= 15 is 0 Å². The van der Waals surface area contributed by atoms with Crippen LogP contribution in [0.25, 0.3) is 0 Å². The molecule has 4 heteroatoms. The van der Waals surface area contributed by atoms with E-state index in [9.17, 15) is 4.79 Å². The molecule has 2 N–H and O–H groups in total.